The molecule has 2 aromatic heterocycles. The predicted molar refractivity (Wildman–Crippen MR) is 65.5 cm³/mol. The fourth-order valence-electron chi connectivity index (χ4n) is 1.83. The topological polar surface area (TPSA) is 50.9 Å². The van der Waals surface area contributed by atoms with Crippen molar-refractivity contribution in [3.05, 3.63) is 48.3 Å². The largest absolute Gasteiger partial charge is 0.386 e. The number of aliphatic hydroxyl groups is 1. The molecule has 2 rings (SSSR count). The van der Waals surface area contributed by atoms with E-state index in [4.69, 9.17) is 0 Å². The molecule has 0 saturated carbocycles. The van der Waals surface area contributed by atoms with E-state index in [1.165, 1.54) is 0 Å². The molecule has 0 radical (unpaired) electrons. The van der Waals surface area contributed by atoms with Gasteiger partial charge in [0.25, 0.3) is 0 Å². The lowest BCUT2D eigenvalue weighted by atomic mass is 10.1. The Hall–Kier alpha value is -1.68. The Balaban J connectivity index is 2.15. The number of pyridine rings is 1. The van der Waals surface area contributed by atoms with Crippen molar-refractivity contribution in [3.8, 4) is 0 Å². The molecule has 0 fully saturated rings. The Bertz CT molecular complexity index is 465. The van der Waals surface area contributed by atoms with Crippen LogP contribution in [-0.2, 0) is 6.42 Å². The molecular formula is C13H17N3O. The van der Waals surface area contributed by atoms with Crippen molar-refractivity contribution in [2.45, 2.75) is 32.4 Å². The quantitative estimate of drug-likeness (QED) is 0.877. The fourth-order valence-corrected chi connectivity index (χ4v) is 1.83. The van der Waals surface area contributed by atoms with Gasteiger partial charge in [0.1, 0.15) is 6.10 Å². The van der Waals surface area contributed by atoms with Crippen LogP contribution in [0.5, 0.6) is 0 Å². The van der Waals surface area contributed by atoms with E-state index in [2.05, 4.69) is 23.8 Å². The van der Waals surface area contributed by atoms with Gasteiger partial charge in [0, 0.05) is 24.4 Å². The van der Waals surface area contributed by atoms with Crippen LogP contribution in [0.4, 0.5) is 0 Å². The van der Waals surface area contributed by atoms with Crippen LogP contribution in [0.3, 0.4) is 0 Å². The van der Waals surface area contributed by atoms with Gasteiger partial charge in [-0.3, -0.25) is 4.98 Å². The van der Waals surface area contributed by atoms with Gasteiger partial charge in [-0.25, -0.2) is 4.98 Å². The third kappa shape index (κ3) is 2.71. The zero-order chi connectivity index (χ0) is 12.3. The maximum Gasteiger partial charge on any atom is 0.101 e. The number of rotatable bonds is 4. The number of nitrogens with zero attached hydrogens (tertiary/aromatic N) is 3. The first kappa shape index (κ1) is 11.8. The summed E-state index contributed by atoms with van der Waals surface area (Å²) in [6, 6.07) is 6.01. The van der Waals surface area contributed by atoms with Crippen LogP contribution in [0.25, 0.3) is 0 Å². The molecule has 0 bridgehead atoms. The zero-order valence-corrected chi connectivity index (χ0v) is 10.1. The monoisotopic (exact) mass is 231 g/mol. The Kier molecular flexibility index (Phi) is 3.54. The minimum absolute atomic E-state index is 0.297. The number of imidazole rings is 1. The average Bonchev–Trinajstić information content (AvgIpc) is 2.79. The van der Waals surface area contributed by atoms with Gasteiger partial charge in [-0.05, 0) is 26.0 Å². The summed E-state index contributed by atoms with van der Waals surface area (Å²) in [7, 11) is 0. The van der Waals surface area contributed by atoms with Gasteiger partial charge in [0.05, 0.1) is 18.2 Å². The van der Waals surface area contributed by atoms with Crippen molar-refractivity contribution in [3.63, 3.8) is 0 Å². The van der Waals surface area contributed by atoms with Gasteiger partial charge in [-0.1, -0.05) is 6.07 Å². The Morgan fingerprint density at radius 3 is 2.82 bits per heavy atom. The summed E-state index contributed by atoms with van der Waals surface area (Å²) in [6.45, 7) is 4.14. The smallest absolute Gasteiger partial charge is 0.101 e. The SMILES string of the molecule is CC(C)n1cncc1C(O)Cc1ccccn1. The molecule has 0 aliphatic rings. The summed E-state index contributed by atoms with van der Waals surface area (Å²) in [5.41, 5.74) is 1.72. The van der Waals surface area contributed by atoms with Crippen molar-refractivity contribution in [2.24, 2.45) is 0 Å². The van der Waals surface area contributed by atoms with Crippen LogP contribution in [0, 0.1) is 0 Å². The van der Waals surface area contributed by atoms with Crippen molar-refractivity contribution < 1.29 is 5.11 Å². The molecule has 2 aromatic rings. The summed E-state index contributed by atoms with van der Waals surface area (Å²) >= 11 is 0. The fraction of sp³-hybridized carbons (Fsp3) is 0.385. The van der Waals surface area contributed by atoms with Gasteiger partial charge >= 0.3 is 0 Å². The highest BCUT2D eigenvalue weighted by Gasteiger charge is 2.15. The normalized spacial score (nSPS) is 12.9. The molecule has 2 heterocycles. The first-order chi connectivity index (χ1) is 8.18. The molecule has 0 aliphatic carbocycles. The molecule has 17 heavy (non-hydrogen) atoms. The molecule has 1 atom stereocenters. The lowest BCUT2D eigenvalue weighted by Crippen LogP contribution is -2.11. The third-order valence-electron chi connectivity index (χ3n) is 2.72. The van der Waals surface area contributed by atoms with Crippen LogP contribution in [0.2, 0.25) is 0 Å². The van der Waals surface area contributed by atoms with Crippen molar-refractivity contribution in [2.75, 3.05) is 0 Å². The first-order valence-corrected chi connectivity index (χ1v) is 5.78. The summed E-state index contributed by atoms with van der Waals surface area (Å²) in [5, 5.41) is 10.2. The number of hydrogen-bond acceptors (Lipinski definition) is 3. The minimum Gasteiger partial charge on any atom is -0.386 e. The van der Waals surface area contributed by atoms with Crippen molar-refractivity contribution >= 4 is 0 Å². The Labute approximate surface area is 101 Å². The zero-order valence-electron chi connectivity index (χ0n) is 10.1. The summed E-state index contributed by atoms with van der Waals surface area (Å²) < 4.78 is 1.98. The highest BCUT2D eigenvalue weighted by atomic mass is 16.3. The second-order valence-corrected chi connectivity index (χ2v) is 4.36. The van der Waals surface area contributed by atoms with Crippen molar-refractivity contribution in [1.82, 2.24) is 14.5 Å². The molecule has 0 amide bonds. The Morgan fingerprint density at radius 1 is 1.35 bits per heavy atom. The number of aliphatic hydroxyl groups excluding tert-OH is 1. The first-order valence-electron chi connectivity index (χ1n) is 5.78. The van der Waals surface area contributed by atoms with Crippen LogP contribution in [-0.4, -0.2) is 19.6 Å². The second-order valence-electron chi connectivity index (χ2n) is 4.36. The number of aromatic nitrogens is 3. The molecule has 4 heteroatoms. The van der Waals surface area contributed by atoms with E-state index >= 15 is 0 Å². The molecule has 0 aliphatic heterocycles. The molecule has 0 spiro atoms. The molecular weight excluding hydrogens is 214 g/mol. The van der Waals surface area contributed by atoms with Gasteiger partial charge in [-0.15, -0.1) is 0 Å². The van der Waals surface area contributed by atoms with Gasteiger partial charge in [0.2, 0.25) is 0 Å². The lowest BCUT2D eigenvalue weighted by molar-refractivity contribution is 0.166. The lowest BCUT2D eigenvalue weighted by Gasteiger charge is -2.16. The molecule has 1 N–H and O–H groups in total. The Morgan fingerprint density at radius 2 is 2.18 bits per heavy atom. The second kappa shape index (κ2) is 5.10. The summed E-state index contributed by atoms with van der Waals surface area (Å²) in [6.07, 6.45) is 5.16. The maximum atomic E-state index is 10.2. The summed E-state index contributed by atoms with van der Waals surface area (Å²) in [5.74, 6) is 0. The maximum absolute atomic E-state index is 10.2. The van der Waals surface area contributed by atoms with Crippen molar-refractivity contribution in [1.29, 1.82) is 0 Å². The molecule has 90 valence electrons. The predicted octanol–water partition coefficient (Wildman–Crippen LogP) is 2.14. The highest BCUT2D eigenvalue weighted by molar-refractivity contribution is 5.10. The molecule has 0 aromatic carbocycles. The van der Waals surface area contributed by atoms with E-state index in [9.17, 15) is 5.11 Å². The van der Waals surface area contributed by atoms with E-state index < -0.39 is 6.10 Å². The van der Waals surface area contributed by atoms with Crippen LogP contribution in [0.15, 0.2) is 36.9 Å². The number of hydrogen-bond donors (Lipinski definition) is 1. The standard InChI is InChI=1S/C13H17N3O/c1-10(2)16-9-14-8-12(16)13(17)7-11-5-3-4-6-15-11/h3-6,8-10,13,17H,7H2,1-2H3. The van der Waals surface area contributed by atoms with Gasteiger partial charge in [-0.2, -0.15) is 0 Å². The van der Waals surface area contributed by atoms with Crippen LogP contribution in [0.1, 0.15) is 37.4 Å². The van der Waals surface area contributed by atoms with Crippen LogP contribution < -0.4 is 0 Å². The van der Waals surface area contributed by atoms with Crippen LogP contribution >= 0.6 is 0 Å². The van der Waals surface area contributed by atoms with Gasteiger partial charge in [0.15, 0.2) is 0 Å². The minimum atomic E-state index is -0.560. The van der Waals surface area contributed by atoms with E-state index in [1.54, 1.807) is 18.7 Å². The van der Waals surface area contributed by atoms with E-state index in [1.807, 2.05) is 22.8 Å². The van der Waals surface area contributed by atoms with E-state index in [-0.39, 0.29) is 0 Å². The molecule has 0 saturated heterocycles. The molecule has 1 unspecified atom stereocenters. The molecule has 4 nitrogen and oxygen atoms in total. The van der Waals surface area contributed by atoms with Gasteiger partial charge < -0.3 is 9.67 Å². The highest BCUT2D eigenvalue weighted by Crippen LogP contribution is 2.19. The average molecular weight is 231 g/mol. The van der Waals surface area contributed by atoms with E-state index in [0.29, 0.717) is 12.5 Å². The third-order valence-corrected chi connectivity index (χ3v) is 2.72. The van der Waals surface area contributed by atoms with E-state index in [0.717, 1.165) is 11.4 Å². The summed E-state index contributed by atoms with van der Waals surface area (Å²) in [4.78, 5) is 8.30.